The molecular formula is C24H28ClN3. The number of aryl methyl sites for hydroxylation is 1. The zero-order valence-electron chi connectivity index (χ0n) is 15.9. The van der Waals surface area contributed by atoms with Crippen molar-refractivity contribution in [2.45, 2.75) is 53.5 Å². The number of halogens is 1. The molecule has 0 atom stereocenters. The van der Waals surface area contributed by atoms with Gasteiger partial charge in [-0.15, -0.1) is 0 Å². The van der Waals surface area contributed by atoms with Gasteiger partial charge in [0.05, 0.1) is 17.3 Å². The van der Waals surface area contributed by atoms with Gasteiger partial charge in [-0.3, -0.25) is 0 Å². The number of rotatable bonds is 7. The van der Waals surface area contributed by atoms with E-state index in [1.54, 1.807) is 0 Å². The van der Waals surface area contributed by atoms with Gasteiger partial charge in [0, 0.05) is 13.0 Å². The molecule has 0 N–H and O–H groups in total. The molecule has 3 nitrogen and oxygen atoms in total. The second-order valence-corrected chi connectivity index (χ2v) is 7.02. The summed E-state index contributed by atoms with van der Waals surface area (Å²) < 4.78 is 2.26. The van der Waals surface area contributed by atoms with Crippen LogP contribution >= 0.6 is 11.6 Å². The monoisotopic (exact) mass is 393 g/mol. The summed E-state index contributed by atoms with van der Waals surface area (Å²) in [6.07, 6.45) is 4.06. The van der Waals surface area contributed by atoms with Crippen LogP contribution in [0.5, 0.6) is 0 Å². The lowest BCUT2D eigenvalue weighted by molar-refractivity contribution is 0.658. The topological polar surface area (TPSA) is 41.6 Å². The smallest absolute Gasteiger partial charge is 0.150 e. The Kier molecular flexibility index (Phi) is 7.84. The minimum atomic E-state index is 0. The van der Waals surface area contributed by atoms with Gasteiger partial charge in [0.2, 0.25) is 0 Å². The molecule has 0 saturated carbocycles. The van der Waals surface area contributed by atoms with Crippen LogP contribution in [0.25, 0.3) is 11.1 Å². The summed E-state index contributed by atoms with van der Waals surface area (Å²) in [4.78, 5) is 4.60. The zero-order chi connectivity index (χ0) is 19.2. The highest BCUT2D eigenvalue weighted by Crippen LogP contribution is 2.25. The van der Waals surface area contributed by atoms with Crippen molar-refractivity contribution < 1.29 is 0 Å². The van der Waals surface area contributed by atoms with Crippen molar-refractivity contribution in [3.05, 3.63) is 76.3 Å². The molecule has 0 aliphatic carbocycles. The largest absolute Gasteiger partial charge is 0.326 e. The van der Waals surface area contributed by atoms with Gasteiger partial charge in [0.15, 0.2) is 5.15 Å². The first-order valence-corrected chi connectivity index (χ1v) is 9.87. The Morgan fingerprint density at radius 2 is 1.79 bits per heavy atom. The van der Waals surface area contributed by atoms with E-state index in [0.717, 1.165) is 54.9 Å². The quantitative estimate of drug-likeness (QED) is 0.450. The second-order valence-electron chi connectivity index (χ2n) is 6.66. The molecular weight excluding hydrogens is 366 g/mol. The number of nitriles is 1. The summed E-state index contributed by atoms with van der Waals surface area (Å²) in [7, 11) is 0. The van der Waals surface area contributed by atoms with Crippen molar-refractivity contribution in [1.82, 2.24) is 9.55 Å². The minimum absolute atomic E-state index is 0. The van der Waals surface area contributed by atoms with E-state index in [-0.39, 0.29) is 7.43 Å². The Balaban J connectivity index is 0.00000280. The third kappa shape index (κ3) is 4.64. The summed E-state index contributed by atoms with van der Waals surface area (Å²) in [6, 6.07) is 18.4. The van der Waals surface area contributed by atoms with Crippen LogP contribution in [0, 0.1) is 11.3 Å². The number of unbranched alkanes of at least 4 members (excludes halogenated alkanes) is 1. The molecule has 3 aromatic rings. The maximum atomic E-state index is 9.32. The van der Waals surface area contributed by atoms with Crippen molar-refractivity contribution in [2.24, 2.45) is 0 Å². The van der Waals surface area contributed by atoms with Crippen molar-refractivity contribution in [3.63, 3.8) is 0 Å². The number of benzene rings is 2. The third-order valence-electron chi connectivity index (χ3n) is 4.84. The fourth-order valence-electron chi connectivity index (χ4n) is 3.36. The number of hydrogen-bond donors (Lipinski definition) is 0. The van der Waals surface area contributed by atoms with E-state index in [1.165, 1.54) is 5.56 Å². The molecule has 2 aromatic carbocycles. The molecule has 28 heavy (non-hydrogen) atoms. The Morgan fingerprint density at radius 3 is 2.43 bits per heavy atom. The first-order chi connectivity index (χ1) is 13.2. The van der Waals surface area contributed by atoms with Crippen molar-refractivity contribution >= 4 is 11.6 Å². The zero-order valence-corrected chi connectivity index (χ0v) is 16.6. The van der Waals surface area contributed by atoms with Crippen LogP contribution < -0.4 is 0 Å². The van der Waals surface area contributed by atoms with Gasteiger partial charge in [0.1, 0.15) is 5.82 Å². The van der Waals surface area contributed by atoms with Crippen LogP contribution in [0.3, 0.4) is 0 Å². The van der Waals surface area contributed by atoms with Crippen LogP contribution in [0.15, 0.2) is 48.5 Å². The summed E-state index contributed by atoms with van der Waals surface area (Å²) in [6.45, 7) is 5.07. The van der Waals surface area contributed by atoms with Crippen LogP contribution in [0.4, 0.5) is 0 Å². The molecule has 0 aliphatic heterocycles. The first kappa shape index (κ1) is 21.7. The lowest BCUT2D eigenvalue weighted by Crippen LogP contribution is -2.08. The normalized spacial score (nSPS) is 10.4. The average Bonchev–Trinajstić information content (AvgIpc) is 3.01. The molecule has 3 rings (SSSR count). The van der Waals surface area contributed by atoms with E-state index in [0.29, 0.717) is 10.7 Å². The van der Waals surface area contributed by atoms with E-state index >= 15 is 0 Å². The van der Waals surface area contributed by atoms with Gasteiger partial charge in [-0.2, -0.15) is 5.26 Å². The van der Waals surface area contributed by atoms with E-state index < -0.39 is 0 Å². The molecule has 0 spiro atoms. The third-order valence-corrected chi connectivity index (χ3v) is 5.15. The average molecular weight is 394 g/mol. The molecule has 0 bridgehead atoms. The van der Waals surface area contributed by atoms with Gasteiger partial charge < -0.3 is 4.57 Å². The van der Waals surface area contributed by atoms with Gasteiger partial charge in [-0.1, -0.05) is 81.8 Å². The SMILES string of the molecule is C.CCCCc1nc(Cl)c(CC)n1Cc1ccc(-c2ccccc2C#N)cc1. The van der Waals surface area contributed by atoms with Crippen LogP contribution in [-0.2, 0) is 19.4 Å². The molecule has 0 radical (unpaired) electrons. The maximum absolute atomic E-state index is 9.32. The standard InChI is InChI=1S/C23H24ClN3.CH4/c1-3-5-10-22-26-23(24)21(4-2)27(22)16-17-11-13-18(14-12-17)20-9-7-6-8-19(20)15-25;/h6-9,11-14H,3-5,10,16H2,1-2H3;1H4. The summed E-state index contributed by atoms with van der Waals surface area (Å²) in [5.74, 6) is 1.07. The Labute approximate surface area is 173 Å². The molecule has 0 fully saturated rings. The van der Waals surface area contributed by atoms with Gasteiger partial charge in [-0.25, -0.2) is 4.98 Å². The van der Waals surface area contributed by atoms with Crippen molar-refractivity contribution in [2.75, 3.05) is 0 Å². The Morgan fingerprint density at radius 1 is 1.07 bits per heavy atom. The summed E-state index contributed by atoms with van der Waals surface area (Å²) in [5, 5.41) is 9.95. The molecule has 1 aromatic heterocycles. The van der Waals surface area contributed by atoms with Gasteiger partial charge in [0.25, 0.3) is 0 Å². The fraction of sp³-hybridized carbons (Fsp3) is 0.333. The molecule has 0 aliphatic rings. The lowest BCUT2D eigenvalue weighted by atomic mass is 9.99. The highest BCUT2D eigenvalue weighted by molar-refractivity contribution is 6.30. The first-order valence-electron chi connectivity index (χ1n) is 9.50. The van der Waals surface area contributed by atoms with E-state index in [2.05, 4.69) is 53.7 Å². The molecule has 0 saturated heterocycles. The number of imidazole rings is 1. The number of nitrogens with zero attached hydrogens (tertiary/aromatic N) is 3. The van der Waals surface area contributed by atoms with Crippen molar-refractivity contribution in [3.8, 4) is 17.2 Å². The van der Waals surface area contributed by atoms with Crippen molar-refractivity contribution in [1.29, 1.82) is 5.26 Å². The lowest BCUT2D eigenvalue weighted by Gasteiger charge is -2.12. The van der Waals surface area contributed by atoms with Crippen LogP contribution in [0.1, 0.15) is 56.8 Å². The Hall–Kier alpha value is -2.57. The highest BCUT2D eigenvalue weighted by atomic mass is 35.5. The molecule has 0 amide bonds. The van der Waals surface area contributed by atoms with Crippen LogP contribution in [-0.4, -0.2) is 9.55 Å². The second kappa shape index (κ2) is 10.1. The van der Waals surface area contributed by atoms with Crippen LogP contribution in [0.2, 0.25) is 5.15 Å². The predicted molar refractivity (Wildman–Crippen MR) is 118 cm³/mol. The summed E-state index contributed by atoms with van der Waals surface area (Å²) in [5.41, 5.74) is 5.02. The maximum Gasteiger partial charge on any atom is 0.150 e. The fourth-order valence-corrected chi connectivity index (χ4v) is 3.69. The summed E-state index contributed by atoms with van der Waals surface area (Å²) >= 11 is 6.37. The van der Waals surface area contributed by atoms with E-state index in [1.807, 2.05) is 24.3 Å². The van der Waals surface area contributed by atoms with Gasteiger partial charge in [-0.05, 0) is 35.6 Å². The van der Waals surface area contributed by atoms with E-state index in [4.69, 9.17) is 11.6 Å². The van der Waals surface area contributed by atoms with E-state index in [9.17, 15) is 5.26 Å². The highest BCUT2D eigenvalue weighted by Gasteiger charge is 2.14. The molecule has 1 heterocycles. The molecule has 0 unspecified atom stereocenters. The minimum Gasteiger partial charge on any atom is -0.326 e. The van der Waals surface area contributed by atoms with Gasteiger partial charge >= 0.3 is 0 Å². The predicted octanol–water partition coefficient (Wildman–Crippen LogP) is 6.66. The molecule has 146 valence electrons. The number of aromatic nitrogens is 2. The molecule has 4 heteroatoms. The number of hydrogen-bond acceptors (Lipinski definition) is 2. The Bertz CT molecular complexity index is 949.